The van der Waals surface area contributed by atoms with Gasteiger partial charge in [0.05, 0.1) is 10.8 Å². The number of carbonyl (C=O) groups is 1. The fourth-order valence-electron chi connectivity index (χ4n) is 1.97. The molecule has 3 nitrogen and oxygen atoms in total. The molecule has 0 saturated heterocycles. The molecule has 17 heavy (non-hydrogen) atoms. The molecule has 82 valence electrons. The molecule has 0 spiro atoms. The lowest BCUT2D eigenvalue weighted by Gasteiger charge is -2.02. The highest BCUT2D eigenvalue weighted by atomic mass is 16.3. The standard InChI is InChI=1S/C14H8O3/c15-8-9-4-3-7-12-13(9)14(16)10-5-1-2-6-11(10)17-12/h1-8H. The molecule has 1 heterocycles. The molecule has 0 radical (unpaired) electrons. The molecule has 0 saturated carbocycles. The molecule has 3 heteroatoms. The number of aldehydes is 1. The fourth-order valence-corrected chi connectivity index (χ4v) is 1.97. The highest BCUT2D eigenvalue weighted by Gasteiger charge is 2.09. The van der Waals surface area contributed by atoms with Gasteiger partial charge in [0.1, 0.15) is 11.2 Å². The Balaban J connectivity index is 2.65. The molecular weight excluding hydrogens is 216 g/mol. The zero-order valence-corrected chi connectivity index (χ0v) is 8.84. The number of fused-ring (bicyclic) bond motifs is 2. The van der Waals surface area contributed by atoms with Crippen LogP contribution in [-0.2, 0) is 0 Å². The maximum Gasteiger partial charge on any atom is 0.201 e. The Kier molecular flexibility index (Phi) is 2.05. The summed E-state index contributed by atoms with van der Waals surface area (Å²) in [6.07, 6.45) is 0.675. The quantitative estimate of drug-likeness (QED) is 0.471. The average Bonchev–Trinajstić information content (AvgIpc) is 2.38. The first-order valence-corrected chi connectivity index (χ1v) is 5.21. The van der Waals surface area contributed by atoms with E-state index in [4.69, 9.17) is 4.42 Å². The van der Waals surface area contributed by atoms with Crippen molar-refractivity contribution in [1.29, 1.82) is 0 Å². The molecule has 2 aromatic carbocycles. The van der Waals surface area contributed by atoms with Crippen molar-refractivity contribution in [3.8, 4) is 0 Å². The highest BCUT2D eigenvalue weighted by Crippen LogP contribution is 2.19. The average molecular weight is 224 g/mol. The van der Waals surface area contributed by atoms with Gasteiger partial charge in [-0.2, -0.15) is 0 Å². The third-order valence-corrected chi connectivity index (χ3v) is 2.76. The summed E-state index contributed by atoms with van der Waals surface area (Å²) in [5, 5.41) is 0.843. The normalized spacial score (nSPS) is 10.8. The third kappa shape index (κ3) is 1.36. The van der Waals surface area contributed by atoms with E-state index in [0.717, 1.165) is 0 Å². The van der Waals surface area contributed by atoms with Crippen LogP contribution in [0.5, 0.6) is 0 Å². The van der Waals surface area contributed by atoms with Gasteiger partial charge in [-0.25, -0.2) is 0 Å². The molecule has 1 aromatic heterocycles. The van der Waals surface area contributed by atoms with Crippen LogP contribution in [0.1, 0.15) is 10.4 Å². The summed E-state index contributed by atoms with van der Waals surface area (Å²) in [6, 6.07) is 12.0. The number of hydrogen-bond acceptors (Lipinski definition) is 3. The van der Waals surface area contributed by atoms with E-state index in [1.54, 1.807) is 42.5 Å². The van der Waals surface area contributed by atoms with Crippen molar-refractivity contribution in [2.45, 2.75) is 0 Å². The van der Waals surface area contributed by atoms with Gasteiger partial charge in [-0.15, -0.1) is 0 Å². The van der Waals surface area contributed by atoms with E-state index in [0.29, 0.717) is 33.8 Å². The Morgan fingerprint density at radius 2 is 1.71 bits per heavy atom. The number of rotatable bonds is 1. The Labute approximate surface area is 96.3 Å². The lowest BCUT2D eigenvalue weighted by molar-refractivity contribution is 0.112. The smallest absolute Gasteiger partial charge is 0.201 e. The van der Waals surface area contributed by atoms with Crippen LogP contribution in [0.15, 0.2) is 51.7 Å². The molecule has 0 atom stereocenters. The topological polar surface area (TPSA) is 47.3 Å². The van der Waals surface area contributed by atoms with Gasteiger partial charge in [0.25, 0.3) is 0 Å². The van der Waals surface area contributed by atoms with E-state index < -0.39 is 0 Å². The van der Waals surface area contributed by atoms with Crippen molar-refractivity contribution in [3.63, 3.8) is 0 Å². The van der Waals surface area contributed by atoms with Crippen LogP contribution in [-0.4, -0.2) is 6.29 Å². The summed E-state index contributed by atoms with van der Waals surface area (Å²) in [5.41, 5.74) is 1.18. The monoisotopic (exact) mass is 224 g/mol. The Hall–Kier alpha value is -2.42. The van der Waals surface area contributed by atoms with E-state index in [2.05, 4.69) is 0 Å². The van der Waals surface area contributed by atoms with Crippen LogP contribution in [0.3, 0.4) is 0 Å². The second-order valence-electron chi connectivity index (χ2n) is 3.77. The van der Waals surface area contributed by atoms with Gasteiger partial charge in [0, 0.05) is 5.56 Å². The number of benzene rings is 2. The van der Waals surface area contributed by atoms with E-state index in [-0.39, 0.29) is 5.43 Å². The van der Waals surface area contributed by atoms with Crippen LogP contribution < -0.4 is 5.43 Å². The van der Waals surface area contributed by atoms with Gasteiger partial charge in [0.15, 0.2) is 6.29 Å². The zero-order chi connectivity index (χ0) is 11.8. The molecule has 0 unspecified atom stereocenters. The largest absolute Gasteiger partial charge is 0.456 e. The number of para-hydroxylation sites is 1. The van der Waals surface area contributed by atoms with Crippen LogP contribution in [0, 0.1) is 0 Å². The molecule has 0 amide bonds. The molecule has 0 fully saturated rings. The highest BCUT2D eigenvalue weighted by molar-refractivity contribution is 5.99. The van der Waals surface area contributed by atoms with Gasteiger partial charge in [-0.1, -0.05) is 24.3 Å². The minimum absolute atomic E-state index is 0.162. The van der Waals surface area contributed by atoms with E-state index in [1.165, 1.54) is 0 Å². The summed E-state index contributed by atoms with van der Waals surface area (Å²) < 4.78 is 5.61. The van der Waals surface area contributed by atoms with Crippen LogP contribution in [0.2, 0.25) is 0 Å². The first-order chi connectivity index (χ1) is 8.31. The molecule has 0 aliphatic rings. The van der Waals surface area contributed by atoms with E-state index in [9.17, 15) is 9.59 Å². The molecule has 0 N–H and O–H groups in total. The summed E-state index contributed by atoms with van der Waals surface area (Å²) in [4.78, 5) is 23.2. The van der Waals surface area contributed by atoms with Crippen LogP contribution in [0.4, 0.5) is 0 Å². The molecule has 0 aliphatic carbocycles. The van der Waals surface area contributed by atoms with Crippen LogP contribution >= 0.6 is 0 Å². The Bertz CT molecular complexity index is 784. The predicted octanol–water partition coefficient (Wildman–Crippen LogP) is 2.76. The van der Waals surface area contributed by atoms with E-state index in [1.807, 2.05) is 0 Å². The second-order valence-corrected chi connectivity index (χ2v) is 3.77. The van der Waals surface area contributed by atoms with Gasteiger partial charge in [-0.3, -0.25) is 9.59 Å². The first-order valence-electron chi connectivity index (χ1n) is 5.21. The molecule has 3 aromatic rings. The third-order valence-electron chi connectivity index (χ3n) is 2.76. The van der Waals surface area contributed by atoms with Crippen LogP contribution in [0.25, 0.3) is 21.9 Å². The molecule has 0 aliphatic heterocycles. The summed E-state index contributed by atoms with van der Waals surface area (Å²) in [6.45, 7) is 0. The van der Waals surface area contributed by atoms with Gasteiger partial charge >= 0.3 is 0 Å². The van der Waals surface area contributed by atoms with Crippen molar-refractivity contribution in [3.05, 3.63) is 58.3 Å². The first kappa shape index (κ1) is 9.78. The summed E-state index contributed by atoms with van der Waals surface area (Å²) in [5.74, 6) is 0. The lowest BCUT2D eigenvalue weighted by Crippen LogP contribution is -2.04. The predicted molar refractivity (Wildman–Crippen MR) is 65.4 cm³/mol. The zero-order valence-electron chi connectivity index (χ0n) is 8.84. The van der Waals surface area contributed by atoms with Gasteiger partial charge in [0.2, 0.25) is 5.43 Å². The van der Waals surface area contributed by atoms with Crippen molar-refractivity contribution >= 4 is 28.2 Å². The second kappa shape index (κ2) is 3.56. The fraction of sp³-hybridized carbons (Fsp3) is 0. The Morgan fingerprint density at radius 1 is 0.941 bits per heavy atom. The Morgan fingerprint density at radius 3 is 2.53 bits per heavy atom. The summed E-state index contributed by atoms with van der Waals surface area (Å²) in [7, 11) is 0. The van der Waals surface area contributed by atoms with E-state index >= 15 is 0 Å². The minimum Gasteiger partial charge on any atom is -0.456 e. The SMILES string of the molecule is O=Cc1cccc2oc3ccccc3c(=O)c12. The van der Waals surface area contributed by atoms with Crippen molar-refractivity contribution < 1.29 is 9.21 Å². The van der Waals surface area contributed by atoms with Crippen molar-refractivity contribution in [2.24, 2.45) is 0 Å². The maximum atomic E-state index is 12.2. The molecular formula is C14H8O3. The van der Waals surface area contributed by atoms with Gasteiger partial charge in [-0.05, 0) is 18.2 Å². The van der Waals surface area contributed by atoms with Gasteiger partial charge < -0.3 is 4.42 Å². The molecule has 3 rings (SSSR count). The number of hydrogen-bond donors (Lipinski definition) is 0. The molecule has 0 bridgehead atoms. The minimum atomic E-state index is -0.162. The van der Waals surface area contributed by atoms with Crippen molar-refractivity contribution in [2.75, 3.05) is 0 Å². The lowest BCUT2D eigenvalue weighted by atomic mass is 10.1. The summed E-state index contributed by atoms with van der Waals surface area (Å²) >= 11 is 0. The maximum absolute atomic E-state index is 12.2. The number of carbonyl (C=O) groups excluding carboxylic acids is 1. The van der Waals surface area contributed by atoms with Crippen molar-refractivity contribution in [1.82, 2.24) is 0 Å².